The third-order valence-electron chi connectivity index (χ3n) is 2.44. The molecule has 1 aromatic carbocycles. The van der Waals surface area contributed by atoms with E-state index in [9.17, 15) is 9.59 Å². The first-order chi connectivity index (χ1) is 9.52. The number of hydrogen-bond donors (Lipinski definition) is 2. The molecular weight excluding hydrogens is 280 g/mol. The summed E-state index contributed by atoms with van der Waals surface area (Å²) >= 11 is 5.59. The number of alkyl halides is 1. The first-order valence-corrected chi connectivity index (χ1v) is 6.91. The van der Waals surface area contributed by atoms with E-state index in [0.29, 0.717) is 18.0 Å². The van der Waals surface area contributed by atoms with E-state index in [2.05, 4.69) is 10.6 Å². The van der Waals surface area contributed by atoms with Crippen molar-refractivity contribution in [1.82, 2.24) is 5.32 Å². The second-order valence-electron chi connectivity index (χ2n) is 4.17. The third-order valence-corrected chi connectivity index (χ3v) is 2.64. The van der Waals surface area contributed by atoms with E-state index in [4.69, 9.17) is 16.3 Å². The van der Waals surface area contributed by atoms with Crippen molar-refractivity contribution < 1.29 is 14.3 Å². The van der Waals surface area contributed by atoms with Gasteiger partial charge in [0.2, 0.25) is 11.8 Å². The van der Waals surface area contributed by atoms with Crippen LogP contribution in [-0.2, 0) is 9.59 Å². The van der Waals surface area contributed by atoms with E-state index in [1.165, 1.54) is 0 Å². The van der Waals surface area contributed by atoms with Gasteiger partial charge in [0.05, 0.1) is 6.61 Å². The second kappa shape index (κ2) is 8.43. The number of carbonyl (C=O) groups excluding carboxylic acids is 2. The van der Waals surface area contributed by atoms with Gasteiger partial charge in [0.1, 0.15) is 11.1 Å². The summed E-state index contributed by atoms with van der Waals surface area (Å²) in [5.41, 5.74) is 0.665. The number of halogens is 1. The molecule has 0 spiro atoms. The lowest BCUT2D eigenvalue weighted by atomic mass is 10.3. The molecule has 0 aromatic heterocycles. The van der Waals surface area contributed by atoms with Crippen molar-refractivity contribution >= 4 is 29.1 Å². The van der Waals surface area contributed by atoms with Crippen molar-refractivity contribution in [1.29, 1.82) is 0 Å². The average Bonchev–Trinajstić information content (AvgIpc) is 2.39. The van der Waals surface area contributed by atoms with Crippen LogP contribution in [0.25, 0.3) is 0 Å². The van der Waals surface area contributed by atoms with Crippen molar-refractivity contribution in [2.24, 2.45) is 0 Å². The van der Waals surface area contributed by atoms with Crippen molar-refractivity contribution in [2.45, 2.75) is 25.6 Å². The van der Waals surface area contributed by atoms with Crippen LogP contribution in [0.4, 0.5) is 5.69 Å². The Morgan fingerprint density at radius 3 is 2.80 bits per heavy atom. The van der Waals surface area contributed by atoms with Gasteiger partial charge in [-0.1, -0.05) is 6.07 Å². The van der Waals surface area contributed by atoms with Gasteiger partial charge in [0, 0.05) is 24.7 Å². The number of nitrogens with one attached hydrogen (secondary N) is 2. The normalized spacial score (nSPS) is 11.6. The largest absolute Gasteiger partial charge is 0.494 e. The van der Waals surface area contributed by atoms with Gasteiger partial charge in [-0.05, 0) is 26.0 Å². The molecule has 2 N–H and O–H groups in total. The van der Waals surface area contributed by atoms with Gasteiger partial charge in [0.25, 0.3) is 0 Å². The minimum Gasteiger partial charge on any atom is -0.494 e. The van der Waals surface area contributed by atoms with Crippen LogP contribution in [0.5, 0.6) is 5.75 Å². The molecule has 0 fully saturated rings. The van der Waals surface area contributed by atoms with Gasteiger partial charge in [-0.15, -0.1) is 11.6 Å². The molecule has 20 heavy (non-hydrogen) atoms. The minimum absolute atomic E-state index is 0.179. The molecule has 2 amide bonds. The van der Waals surface area contributed by atoms with E-state index in [1.807, 2.05) is 13.0 Å². The zero-order valence-electron chi connectivity index (χ0n) is 11.6. The molecule has 0 saturated heterocycles. The smallest absolute Gasteiger partial charge is 0.237 e. The highest BCUT2D eigenvalue weighted by Crippen LogP contribution is 2.17. The molecule has 0 saturated carbocycles. The van der Waals surface area contributed by atoms with Crippen LogP contribution in [0.15, 0.2) is 24.3 Å². The molecule has 5 nitrogen and oxygen atoms in total. The SMILES string of the molecule is CCOc1cccc(NC(=O)CCNC(=O)[C@@H](C)Cl)c1. The van der Waals surface area contributed by atoms with Crippen molar-refractivity contribution in [3.63, 3.8) is 0 Å². The maximum absolute atomic E-state index is 11.7. The van der Waals surface area contributed by atoms with E-state index in [1.54, 1.807) is 25.1 Å². The molecular formula is C14H19ClN2O3. The lowest BCUT2D eigenvalue weighted by Gasteiger charge is -2.09. The number of carbonyl (C=O) groups is 2. The maximum Gasteiger partial charge on any atom is 0.237 e. The summed E-state index contributed by atoms with van der Waals surface area (Å²) in [5, 5.41) is 4.72. The number of rotatable bonds is 7. The summed E-state index contributed by atoms with van der Waals surface area (Å²) in [5.74, 6) is 0.244. The highest BCUT2D eigenvalue weighted by molar-refractivity contribution is 6.30. The van der Waals surface area contributed by atoms with Crippen LogP contribution in [0, 0.1) is 0 Å². The number of benzene rings is 1. The lowest BCUT2D eigenvalue weighted by Crippen LogP contribution is -2.32. The molecule has 0 aliphatic carbocycles. The second-order valence-corrected chi connectivity index (χ2v) is 4.82. The Labute approximate surface area is 123 Å². The molecule has 0 radical (unpaired) electrons. The van der Waals surface area contributed by atoms with Crippen LogP contribution >= 0.6 is 11.6 Å². The van der Waals surface area contributed by atoms with E-state index < -0.39 is 5.38 Å². The summed E-state index contributed by atoms with van der Waals surface area (Å²) in [6.45, 7) is 4.30. The first kappa shape index (κ1) is 16.3. The Kier molecular flexibility index (Phi) is 6.87. The number of hydrogen-bond acceptors (Lipinski definition) is 3. The molecule has 0 unspecified atom stereocenters. The Morgan fingerprint density at radius 2 is 2.15 bits per heavy atom. The molecule has 1 atom stereocenters. The van der Waals surface area contributed by atoms with Crippen molar-refractivity contribution in [3.8, 4) is 5.75 Å². The Hall–Kier alpha value is -1.75. The average molecular weight is 299 g/mol. The van der Waals surface area contributed by atoms with Crippen molar-refractivity contribution in [2.75, 3.05) is 18.5 Å². The topological polar surface area (TPSA) is 67.4 Å². The van der Waals surface area contributed by atoms with Crippen LogP contribution in [-0.4, -0.2) is 30.3 Å². The van der Waals surface area contributed by atoms with Gasteiger partial charge in [-0.3, -0.25) is 9.59 Å². The van der Waals surface area contributed by atoms with Crippen molar-refractivity contribution in [3.05, 3.63) is 24.3 Å². The lowest BCUT2D eigenvalue weighted by molar-refractivity contribution is -0.120. The van der Waals surface area contributed by atoms with Gasteiger partial charge < -0.3 is 15.4 Å². The molecule has 0 bridgehead atoms. The highest BCUT2D eigenvalue weighted by Gasteiger charge is 2.09. The highest BCUT2D eigenvalue weighted by atomic mass is 35.5. The summed E-state index contributed by atoms with van der Waals surface area (Å²) in [6.07, 6.45) is 0.189. The van der Waals surface area contributed by atoms with E-state index >= 15 is 0 Å². The number of ether oxygens (including phenoxy) is 1. The monoisotopic (exact) mass is 298 g/mol. The molecule has 110 valence electrons. The summed E-state index contributed by atoms with van der Waals surface area (Å²) in [7, 11) is 0. The predicted octanol–water partition coefficient (Wildman–Crippen LogP) is 2.16. The Morgan fingerprint density at radius 1 is 1.40 bits per heavy atom. The molecule has 0 aliphatic rings. The predicted molar refractivity (Wildman–Crippen MR) is 79.2 cm³/mol. The van der Waals surface area contributed by atoms with Gasteiger partial charge in [0.15, 0.2) is 0 Å². The minimum atomic E-state index is -0.596. The van der Waals surface area contributed by atoms with Gasteiger partial charge >= 0.3 is 0 Å². The molecule has 1 aromatic rings. The third kappa shape index (κ3) is 5.93. The van der Waals surface area contributed by atoms with Gasteiger partial charge in [-0.25, -0.2) is 0 Å². The van der Waals surface area contributed by atoms with E-state index in [0.717, 1.165) is 0 Å². The van der Waals surface area contributed by atoms with Crippen LogP contribution in [0.3, 0.4) is 0 Å². The number of anilines is 1. The quantitative estimate of drug-likeness (QED) is 0.758. The summed E-state index contributed by atoms with van der Waals surface area (Å²) < 4.78 is 5.34. The van der Waals surface area contributed by atoms with Crippen LogP contribution in [0.1, 0.15) is 20.3 Å². The summed E-state index contributed by atoms with van der Waals surface area (Å²) in [6, 6.07) is 7.15. The standard InChI is InChI=1S/C14H19ClN2O3/c1-3-20-12-6-4-5-11(9-12)17-13(18)7-8-16-14(19)10(2)15/h4-6,9-10H,3,7-8H2,1-2H3,(H,16,19)(H,17,18)/t10-/m1/s1. The fourth-order valence-electron chi connectivity index (χ4n) is 1.49. The first-order valence-electron chi connectivity index (χ1n) is 6.47. The zero-order chi connectivity index (χ0) is 15.0. The molecule has 0 heterocycles. The Bertz CT molecular complexity index is 463. The van der Waals surface area contributed by atoms with Crippen LogP contribution in [0.2, 0.25) is 0 Å². The Balaban J connectivity index is 2.38. The molecule has 1 rings (SSSR count). The molecule has 0 aliphatic heterocycles. The van der Waals surface area contributed by atoms with E-state index in [-0.39, 0.29) is 24.8 Å². The maximum atomic E-state index is 11.7. The fraction of sp³-hybridized carbons (Fsp3) is 0.429. The zero-order valence-corrected chi connectivity index (χ0v) is 12.4. The van der Waals surface area contributed by atoms with Gasteiger partial charge in [-0.2, -0.15) is 0 Å². The fourth-order valence-corrected chi connectivity index (χ4v) is 1.57. The summed E-state index contributed by atoms with van der Waals surface area (Å²) in [4.78, 5) is 22.9. The number of amides is 2. The molecule has 6 heteroatoms. The van der Waals surface area contributed by atoms with Crippen LogP contribution < -0.4 is 15.4 Å².